The first-order valence-electron chi connectivity index (χ1n) is 7.47. The highest BCUT2D eigenvalue weighted by atomic mass is 35.5. The van der Waals surface area contributed by atoms with Gasteiger partial charge in [-0.25, -0.2) is 0 Å². The normalized spacial score (nSPS) is 11.2. The van der Waals surface area contributed by atoms with Gasteiger partial charge in [-0.3, -0.25) is 9.59 Å². The summed E-state index contributed by atoms with van der Waals surface area (Å²) in [5, 5.41) is 5.16. The van der Waals surface area contributed by atoms with Crippen molar-refractivity contribution >= 4 is 29.9 Å². The Morgan fingerprint density at radius 2 is 1.60 bits per heavy atom. The fraction of sp³-hybridized carbons (Fsp3) is 0.500. The lowest BCUT2D eigenvalue weighted by atomic mass is 10.1. The molecule has 1 aromatic rings. The first kappa shape index (κ1) is 22.8. The molecule has 4 N–H and O–H groups in total. The number of nitrogens with one attached hydrogen (secondary N) is 2. The van der Waals surface area contributed by atoms with E-state index in [4.69, 9.17) is 19.9 Å². The second kappa shape index (κ2) is 10.6. The maximum Gasteiger partial charge on any atom is 0.243 e. The third-order valence-corrected chi connectivity index (χ3v) is 3.39. The minimum Gasteiger partial charge on any atom is -0.493 e. The van der Waals surface area contributed by atoms with Gasteiger partial charge >= 0.3 is 0 Å². The van der Waals surface area contributed by atoms with E-state index < -0.39 is 11.9 Å². The topological polar surface area (TPSA) is 112 Å². The van der Waals surface area contributed by atoms with Gasteiger partial charge in [0, 0.05) is 17.8 Å². The van der Waals surface area contributed by atoms with Gasteiger partial charge in [-0.2, -0.15) is 0 Å². The van der Waals surface area contributed by atoms with Crippen molar-refractivity contribution in [2.75, 3.05) is 33.2 Å². The van der Waals surface area contributed by atoms with Crippen LogP contribution in [0, 0.1) is 5.92 Å². The number of benzene rings is 1. The summed E-state index contributed by atoms with van der Waals surface area (Å²) in [5.41, 5.74) is 6.17. The molecule has 0 heterocycles. The summed E-state index contributed by atoms with van der Waals surface area (Å²) < 4.78 is 15.6. The second-order valence-electron chi connectivity index (χ2n) is 5.45. The number of nitrogens with two attached hydrogens (primary N) is 1. The number of ether oxygens (including phenoxy) is 3. The van der Waals surface area contributed by atoms with E-state index in [1.807, 2.05) is 13.8 Å². The summed E-state index contributed by atoms with van der Waals surface area (Å²) in [6.45, 7) is 3.48. The highest BCUT2D eigenvalue weighted by Crippen LogP contribution is 2.39. The highest BCUT2D eigenvalue weighted by molar-refractivity contribution is 5.95. The monoisotopic (exact) mass is 375 g/mol. The molecular weight excluding hydrogens is 350 g/mol. The Morgan fingerprint density at radius 1 is 1.08 bits per heavy atom. The van der Waals surface area contributed by atoms with Crippen molar-refractivity contribution in [3.63, 3.8) is 0 Å². The molecule has 8 nitrogen and oxygen atoms in total. The van der Waals surface area contributed by atoms with E-state index in [-0.39, 0.29) is 30.8 Å². The number of carbonyl (C=O) groups is 2. The molecule has 0 aliphatic rings. The number of anilines is 1. The molecule has 0 bridgehead atoms. The Kier molecular flexibility index (Phi) is 9.70. The van der Waals surface area contributed by atoms with E-state index in [9.17, 15) is 9.59 Å². The number of amides is 2. The number of halogens is 1. The van der Waals surface area contributed by atoms with Gasteiger partial charge in [0.15, 0.2) is 11.5 Å². The predicted molar refractivity (Wildman–Crippen MR) is 97.8 cm³/mol. The standard InChI is InChI=1S/C16H25N3O5.ClH/c1-9(2)14(17)16(21)18-8-13(20)19-10-6-11(22-3)15(24-5)12(7-10)23-4;/h6-7,9,14H,8,17H2,1-5H3,(H,18,21)(H,19,20);1H/t14-;/m0./s1. The molecule has 1 aromatic carbocycles. The van der Waals surface area contributed by atoms with Gasteiger partial charge in [-0.1, -0.05) is 13.8 Å². The lowest BCUT2D eigenvalue weighted by Crippen LogP contribution is -2.46. The maximum absolute atomic E-state index is 12.0. The first-order valence-corrected chi connectivity index (χ1v) is 7.47. The maximum atomic E-state index is 12.0. The van der Waals surface area contributed by atoms with E-state index in [1.165, 1.54) is 21.3 Å². The summed E-state index contributed by atoms with van der Waals surface area (Å²) in [6, 6.07) is 2.54. The lowest BCUT2D eigenvalue weighted by Gasteiger charge is -2.16. The van der Waals surface area contributed by atoms with Crippen molar-refractivity contribution < 1.29 is 23.8 Å². The summed E-state index contributed by atoms with van der Waals surface area (Å²) in [4.78, 5) is 23.7. The average molecular weight is 376 g/mol. The number of hydrogen-bond donors (Lipinski definition) is 3. The number of rotatable bonds is 8. The van der Waals surface area contributed by atoms with Crippen LogP contribution in [-0.4, -0.2) is 45.7 Å². The molecule has 9 heteroatoms. The van der Waals surface area contributed by atoms with Crippen LogP contribution in [0.1, 0.15) is 13.8 Å². The summed E-state index contributed by atoms with van der Waals surface area (Å²) in [5.74, 6) is 0.479. The van der Waals surface area contributed by atoms with Crippen molar-refractivity contribution in [2.45, 2.75) is 19.9 Å². The van der Waals surface area contributed by atoms with Gasteiger partial charge in [0.1, 0.15) is 0 Å². The highest BCUT2D eigenvalue weighted by Gasteiger charge is 2.18. The van der Waals surface area contributed by atoms with Crippen molar-refractivity contribution in [1.82, 2.24) is 5.32 Å². The van der Waals surface area contributed by atoms with E-state index in [0.717, 1.165) is 0 Å². The van der Waals surface area contributed by atoms with Gasteiger partial charge in [-0.15, -0.1) is 12.4 Å². The molecule has 0 saturated carbocycles. The predicted octanol–water partition coefficient (Wildman–Crippen LogP) is 1.17. The smallest absolute Gasteiger partial charge is 0.243 e. The number of carbonyl (C=O) groups excluding carboxylic acids is 2. The second-order valence-corrected chi connectivity index (χ2v) is 5.45. The number of methoxy groups -OCH3 is 3. The van der Waals surface area contributed by atoms with Crippen molar-refractivity contribution in [3.05, 3.63) is 12.1 Å². The minimum absolute atomic E-state index is 0. The van der Waals surface area contributed by atoms with E-state index in [0.29, 0.717) is 22.9 Å². The van der Waals surface area contributed by atoms with Crippen LogP contribution in [0.15, 0.2) is 12.1 Å². The molecule has 0 aliphatic heterocycles. The van der Waals surface area contributed by atoms with Gasteiger partial charge in [-0.05, 0) is 5.92 Å². The molecule has 25 heavy (non-hydrogen) atoms. The zero-order valence-electron chi connectivity index (χ0n) is 15.0. The summed E-state index contributed by atoms with van der Waals surface area (Å²) >= 11 is 0. The Morgan fingerprint density at radius 3 is 2.00 bits per heavy atom. The molecule has 0 saturated heterocycles. The molecule has 2 amide bonds. The van der Waals surface area contributed by atoms with E-state index in [2.05, 4.69) is 10.6 Å². The fourth-order valence-electron chi connectivity index (χ4n) is 1.95. The van der Waals surface area contributed by atoms with Crippen molar-refractivity contribution in [3.8, 4) is 17.2 Å². The van der Waals surface area contributed by atoms with Crippen LogP contribution in [0.5, 0.6) is 17.2 Å². The molecule has 0 aliphatic carbocycles. The Labute approximate surface area is 153 Å². The molecule has 0 spiro atoms. The molecule has 1 rings (SSSR count). The third kappa shape index (κ3) is 6.32. The Hall–Kier alpha value is -2.19. The average Bonchev–Trinajstić information content (AvgIpc) is 2.57. The molecule has 0 unspecified atom stereocenters. The molecule has 0 radical (unpaired) electrons. The summed E-state index contributed by atoms with van der Waals surface area (Å²) in [7, 11) is 4.46. The van der Waals surface area contributed by atoms with Crippen molar-refractivity contribution in [2.24, 2.45) is 11.7 Å². The van der Waals surface area contributed by atoms with Gasteiger partial charge in [0.05, 0.1) is 33.9 Å². The van der Waals surface area contributed by atoms with Gasteiger partial charge < -0.3 is 30.6 Å². The molecule has 0 fully saturated rings. The lowest BCUT2D eigenvalue weighted by molar-refractivity contribution is -0.125. The van der Waals surface area contributed by atoms with Crippen LogP contribution in [-0.2, 0) is 9.59 Å². The van der Waals surface area contributed by atoms with Crippen molar-refractivity contribution in [1.29, 1.82) is 0 Å². The quantitative estimate of drug-likeness (QED) is 0.628. The summed E-state index contributed by atoms with van der Waals surface area (Å²) in [6.07, 6.45) is 0. The SMILES string of the molecule is COc1cc(NC(=O)CNC(=O)[C@@H](N)C(C)C)cc(OC)c1OC.Cl. The first-order chi connectivity index (χ1) is 11.3. The molecule has 142 valence electrons. The zero-order chi connectivity index (χ0) is 18.3. The Balaban J connectivity index is 0.00000576. The van der Waals surface area contributed by atoms with E-state index >= 15 is 0 Å². The van der Waals surface area contributed by atoms with Crippen LogP contribution in [0.2, 0.25) is 0 Å². The zero-order valence-corrected chi connectivity index (χ0v) is 15.9. The van der Waals surface area contributed by atoms with Crippen LogP contribution >= 0.6 is 12.4 Å². The van der Waals surface area contributed by atoms with E-state index in [1.54, 1.807) is 12.1 Å². The molecule has 0 aromatic heterocycles. The van der Waals surface area contributed by atoms with Crippen LogP contribution in [0.25, 0.3) is 0 Å². The largest absolute Gasteiger partial charge is 0.493 e. The van der Waals surface area contributed by atoms with Gasteiger partial charge in [0.25, 0.3) is 0 Å². The molecular formula is C16H26ClN3O5. The third-order valence-electron chi connectivity index (χ3n) is 3.39. The van der Waals surface area contributed by atoms with Crippen LogP contribution < -0.4 is 30.6 Å². The fourth-order valence-corrected chi connectivity index (χ4v) is 1.95. The van der Waals surface area contributed by atoms with Gasteiger partial charge in [0.2, 0.25) is 17.6 Å². The molecule has 1 atom stereocenters. The van der Waals surface area contributed by atoms with Crippen LogP contribution in [0.4, 0.5) is 5.69 Å². The minimum atomic E-state index is -0.654. The number of hydrogen-bond acceptors (Lipinski definition) is 6. The van der Waals surface area contributed by atoms with Crippen LogP contribution in [0.3, 0.4) is 0 Å². The Bertz CT molecular complexity index is 570.